The molecule has 0 spiro atoms. The van der Waals surface area contributed by atoms with Crippen LogP contribution >= 0.6 is 0 Å². The van der Waals surface area contributed by atoms with Gasteiger partial charge < -0.3 is 20.9 Å². The lowest BCUT2D eigenvalue weighted by atomic mass is 9.82. The molecule has 2 aliphatic rings. The van der Waals surface area contributed by atoms with Crippen molar-refractivity contribution in [3.8, 4) is 0 Å². The van der Waals surface area contributed by atoms with Crippen LogP contribution in [0.4, 0.5) is 15.8 Å². The average molecular weight is 405 g/mol. The maximum atomic E-state index is 13.8. The number of carbonyl (C=O) groups excluding carboxylic acids is 1. The number of rotatable bonds is 8. The monoisotopic (exact) mass is 404 g/mol. The Morgan fingerprint density at radius 3 is 2.41 bits per heavy atom. The second kappa shape index (κ2) is 10.8. The Bertz CT molecular complexity index is 658. The lowest BCUT2D eigenvalue weighted by Gasteiger charge is -2.34. The van der Waals surface area contributed by atoms with Gasteiger partial charge >= 0.3 is 0 Å². The highest BCUT2D eigenvalue weighted by Crippen LogP contribution is 2.33. The van der Waals surface area contributed by atoms with E-state index in [4.69, 9.17) is 0 Å². The summed E-state index contributed by atoms with van der Waals surface area (Å²) < 4.78 is 13.8. The van der Waals surface area contributed by atoms with Crippen LogP contribution in [0.25, 0.3) is 0 Å². The van der Waals surface area contributed by atoms with E-state index in [1.54, 1.807) is 0 Å². The zero-order valence-corrected chi connectivity index (χ0v) is 17.6. The first-order valence-corrected chi connectivity index (χ1v) is 11.3. The predicted molar refractivity (Wildman–Crippen MR) is 116 cm³/mol. The minimum atomic E-state index is -0.373. The second-order valence-electron chi connectivity index (χ2n) is 8.78. The molecule has 0 radical (unpaired) electrons. The van der Waals surface area contributed by atoms with Crippen molar-refractivity contribution < 1.29 is 9.18 Å². The average Bonchev–Trinajstić information content (AvgIpc) is 2.77. The minimum Gasteiger partial charge on any atom is -0.761 e. The quantitative estimate of drug-likeness (QED) is 0.548. The molecule has 1 unspecified atom stereocenters. The molecule has 162 valence electrons. The van der Waals surface area contributed by atoms with Crippen LogP contribution in [0.1, 0.15) is 77.0 Å². The van der Waals surface area contributed by atoms with Gasteiger partial charge in [-0.2, -0.15) is 0 Å². The molecule has 29 heavy (non-hydrogen) atoms. The van der Waals surface area contributed by atoms with E-state index in [1.807, 2.05) is 17.4 Å². The zero-order valence-electron chi connectivity index (χ0n) is 17.6. The summed E-state index contributed by atoms with van der Waals surface area (Å²) >= 11 is 0. The van der Waals surface area contributed by atoms with E-state index in [0.717, 1.165) is 25.7 Å². The van der Waals surface area contributed by atoms with Crippen LogP contribution < -0.4 is 10.8 Å². The topological polar surface area (TPSA) is 67.4 Å². The molecule has 0 aliphatic heterocycles. The number of hydrogen-bond donors (Lipinski definition) is 2. The van der Waals surface area contributed by atoms with Gasteiger partial charge in [-0.15, -0.1) is 0 Å². The molecule has 1 atom stereocenters. The van der Waals surface area contributed by atoms with E-state index >= 15 is 0 Å². The van der Waals surface area contributed by atoms with Crippen LogP contribution in [0.3, 0.4) is 0 Å². The Kier molecular flexibility index (Phi) is 8.16. The summed E-state index contributed by atoms with van der Waals surface area (Å²) in [5.41, 5.74) is 2.74. The molecule has 5 nitrogen and oxygen atoms in total. The van der Waals surface area contributed by atoms with Crippen LogP contribution in [-0.4, -0.2) is 29.9 Å². The van der Waals surface area contributed by atoms with Crippen molar-refractivity contribution in [3.63, 3.8) is 0 Å². The first-order chi connectivity index (χ1) is 14.1. The Morgan fingerprint density at radius 1 is 1.10 bits per heavy atom. The molecular weight excluding hydrogens is 369 g/mol. The number of halogens is 1. The van der Waals surface area contributed by atoms with Gasteiger partial charge in [0.2, 0.25) is 5.91 Å². The second-order valence-corrected chi connectivity index (χ2v) is 8.78. The van der Waals surface area contributed by atoms with Crippen LogP contribution in [0.5, 0.6) is 0 Å². The molecule has 1 amide bonds. The molecule has 2 fully saturated rings. The number of carbonyl (C=O) groups is 1. The van der Waals surface area contributed by atoms with Crippen LogP contribution in [0, 0.1) is 16.9 Å². The van der Waals surface area contributed by atoms with Crippen molar-refractivity contribution in [2.24, 2.45) is 5.92 Å². The fourth-order valence-electron chi connectivity index (χ4n) is 5.01. The molecule has 1 aromatic rings. The highest BCUT2D eigenvalue weighted by molar-refractivity contribution is 5.76. The Balaban J connectivity index is 1.65. The molecule has 3 rings (SSSR count). The molecule has 1 aromatic carbocycles. The molecule has 0 aromatic heterocycles. The molecule has 0 heterocycles. The van der Waals surface area contributed by atoms with Crippen LogP contribution in [-0.2, 0) is 4.79 Å². The van der Waals surface area contributed by atoms with E-state index < -0.39 is 0 Å². The summed E-state index contributed by atoms with van der Waals surface area (Å²) in [6.07, 6.45) is 12.9. The maximum absolute atomic E-state index is 13.8. The zero-order chi connectivity index (χ0) is 20.6. The highest BCUT2D eigenvalue weighted by Gasteiger charge is 2.27. The number of benzene rings is 1. The Hall–Kier alpha value is -1.82. The molecule has 2 N–H and O–H groups in total. The van der Waals surface area contributed by atoms with Gasteiger partial charge in [0.05, 0.1) is 5.69 Å². The summed E-state index contributed by atoms with van der Waals surface area (Å²) in [5.74, 6) is 0.266. The van der Waals surface area contributed by atoms with E-state index in [0.29, 0.717) is 36.2 Å². The summed E-state index contributed by atoms with van der Waals surface area (Å²) in [6.45, 7) is 0. The van der Waals surface area contributed by atoms with E-state index in [2.05, 4.69) is 5.32 Å². The normalized spacial score (nSPS) is 19.6. The lowest BCUT2D eigenvalue weighted by Crippen LogP contribution is -2.39. The summed E-state index contributed by atoms with van der Waals surface area (Å²) in [7, 11) is 1.94. The first-order valence-electron chi connectivity index (χ1n) is 11.3. The van der Waals surface area contributed by atoms with Gasteiger partial charge in [-0.1, -0.05) is 38.5 Å². The van der Waals surface area contributed by atoms with Crippen molar-refractivity contribution in [2.75, 3.05) is 17.8 Å². The number of anilines is 2. The maximum Gasteiger partial charge on any atom is 0.222 e. The number of nitrogens with one attached hydrogen (secondary N) is 2. The summed E-state index contributed by atoms with van der Waals surface area (Å²) in [5, 5.41) is 14.7. The number of amides is 1. The smallest absolute Gasteiger partial charge is 0.222 e. The third-order valence-electron chi connectivity index (χ3n) is 6.84. The fraction of sp³-hybridized carbons (Fsp3) is 0.696. The third-order valence-corrected chi connectivity index (χ3v) is 6.84. The van der Waals surface area contributed by atoms with Crippen molar-refractivity contribution >= 4 is 17.3 Å². The minimum absolute atomic E-state index is 0.0629. The molecule has 6 heteroatoms. The molecule has 2 aliphatic carbocycles. The Morgan fingerprint density at radius 2 is 1.76 bits per heavy atom. The molecule has 2 saturated carbocycles. The summed E-state index contributed by atoms with van der Waals surface area (Å²) in [6, 6.07) is 4.55. The van der Waals surface area contributed by atoms with Gasteiger partial charge in [0.1, 0.15) is 5.82 Å². The van der Waals surface area contributed by atoms with Crippen molar-refractivity contribution in [3.05, 3.63) is 29.2 Å². The predicted octanol–water partition coefficient (Wildman–Crippen LogP) is 5.67. The van der Waals surface area contributed by atoms with Gasteiger partial charge in [-0.25, -0.2) is 4.39 Å². The van der Waals surface area contributed by atoms with Gasteiger partial charge in [-0.05, 0) is 56.2 Å². The first kappa shape index (κ1) is 21.9. The molecule has 0 saturated heterocycles. The molecular formula is C23H35FN3O2-. The van der Waals surface area contributed by atoms with E-state index in [-0.39, 0.29) is 17.8 Å². The van der Waals surface area contributed by atoms with Crippen molar-refractivity contribution in [2.45, 2.75) is 89.1 Å². The van der Waals surface area contributed by atoms with Crippen LogP contribution in [0.2, 0.25) is 0 Å². The third kappa shape index (κ3) is 6.08. The Labute approximate surface area is 174 Å². The van der Waals surface area contributed by atoms with Crippen molar-refractivity contribution in [1.82, 2.24) is 4.90 Å². The van der Waals surface area contributed by atoms with Gasteiger partial charge in [0, 0.05) is 31.2 Å². The SMILES string of the molecule is CN(C(=O)CCC(Nc1cc(F)ccc1N[O-])C1CCCCC1)C1CCCCC1. The van der Waals surface area contributed by atoms with Gasteiger partial charge in [0.25, 0.3) is 0 Å². The van der Waals surface area contributed by atoms with E-state index in [9.17, 15) is 14.4 Å². The van der Waals surface area contributed by atoms with Crippen LogP contribution in [0.15, 0.2) is 18.2 Å². The molecule has 0 bridgehead atoms. The standard InChI is InChI=1S/C23H35FN3O2/c1-27(19-10-6-3-7-11-19)23(28)15-14-20(17-8-4-2-5-9-17)25-22-16-18(24)12-13-21(22)26-29/h12-13,16-17,19-20,25-26H,2-11,14-15H2,1H3/q-1. The van der Waals surface area contributed by atoms with Crippen molar-refractivity contribution in [1.29, 1.82) is 0 Å². The lowest BCUT2D eigenvalue weighted by molar-refractivity contribution is -0.132. The van der Waals surface area contributed by atoms with Gasteiger partial charge in [0.15, 0.2) is 0 Å². The number of nitrogens with zero attached hydrogens (tertiary/aromatic N) is 1. The highest BCUT2D eigenvalue weighted by atomic mass is 19.1. The summed E-state index contributed by atoms with van der Waals surface area (Å²) in [4.78, 5) is 14.8. The number of hydrogen-bond acceptors (Lipinski definition) is 4. The van der Waals surface area contributed by atoms with E-state index in [1.165, 1.54) is 56.7 Å². The van der Waals surface area contributed by atoms with Gasteiger partial charge in [-0.3, -0.25) is 4.79 Å². The largest absolute Gasteiger partial charge is 0.761 e. The fourth-order valence-corrected chi connectivity index (χ4v) is 5.01.